The van der Waals surface area contributed by atoms with Crippen molar-refractivity contribution in [1.29, 1.82) is 0 Å². The molecular formula is C18H24N2O2. The number of ketones is 1. The van der Waals surface area contributed by atoms with Crippen LogP contribution in [0.2, 0.25) is 0 Å². The Labute approximate surface area is 132 Å². The number of benzene rings is 1. The van der Waals surface area contributed by atoms with Crippen molar-refractivity contribution in [3.8, 4) is 0 Å². The van der Waals surface area contributed by atoms with E-state index in [1.54, 1.807) is 6.92 Å². The number of hydrogen-bond donors (Lipinski definition) is 0. The minimum absolute atomic E-state index is 0.112. The van der Waals surface area contributed by atoms with Gasteiger partial charge in [0.1, 0.15) is 0 Å². The van der Waals surface area contributed by atoms with Crippen LogP contribution in [0, 0.1) is 5.92 Å². The monoisotopic (exact) mass is 300 g/mol. The third kappa shape index (κ3) is 3.32. The summed E-state index contributed by atoms with van der Waals surface area (Å²) in [6.45, 7) is 5.56. The van der Waals surface area contributed by atoms with Gasteiger partial charge in [0.15, 0.2) is 5.78 Å². The summed E-state index contributed by atoms with van der Waals surface area (Å²) in [4.78, 5) is 27.5. The summed E-state index contributed by atoms with van der Waals surface area (Å²) in [5.41, 5.74) is 1.96. The molecule has 0 radical (unpaired) electrons. The fourth-order valence-electron chi connectivity index (χ4n) is 3.49. The van der Waals surface area contributed by atoms with Gasteiger partial charge in [-0.05, 0) is 56.4 Å². The van der Waals surface area contributed by atoms with Crippen LogP contribution in [0.15, 0.2) is 24.3 Å². The van der Waals surface area contributed by atoms with Gasteiger partial charge in [-0.1, -0.05) is 0 Å². The fourth-order valence-corrected chi connectivity index (χ4v) is 3.49. The van der Waals surface area contributed by atoms with Gasteiger partial charge < -0.3 is 9.80 Å². The van der Waals surface area contributed by atoms with E-state index < -0.39 is 0 Å². The Kier molecular flexibility index (Phi) is 4.46. The molecule has 22 heavy (non-hydrogen) atoms. The smallest absolute Gasteiger partial charge is 0.222 e. The summed E-state index contributed by atoms with van der Waals surface area (Å²) in [6, 6.07) is 7.90. The molecule has 2 fully saturated rings. The van der Waals surface area contributed by atoms with Crippen molar-refractivity contribution in [2.45, 2.75) is 32.6 Å². The quantitative estimate of drug-likeness (QED) is 0.803. The summed E-state index contributed by atoms with van der Waals surface area (Å²) in [5, 5.41) is 0. The molecule has 2 heterocycles. The molecular weight excluding hydrogens is 276 g/mol. The molecule has 0 bridgehead atoms. The molecule has 0 aromatic heterocycles. The zero-order valence-corrected chi connectivity index (χ0v) is 13.3. The molecule has 118 valence electrons. The summed E-state index contributed by atoms with van der Waals surface area (Å²) >= 11 is 0. The third-order valence-electron chi connectivity index (χ3n) is 4.90. The molecule has 4 heteroatoms. The van der Waals surface area contributed by atoms with Gasteiger partial charge in [-0.25, -0.2) is 0 Å². The van der Waals surface area contributed by atoms with Crippen molar-refractivity contribution in [1.82, 2.24) is 4.90 Å². The highest BCUT2D eigenvalue weighted by Gasteiger charge is 2.26. The van der Waals surface area contributed by atoms with Crippen molar-refractivity contribution >= 4 is 17.4 Å². The first-order valence-corrected chi connectivity index (χ1v) is 8.27. The van der Waals surface area contributed by atoms with Crippen LogP contribution >= 0.6 is 0 Å². The topological polar surface area (TPSA) is 40.6 Å². The minimum Gasteiger partial charge on any atom is -0.372 e. The Morgan fingerprint density at radius 3 is 2.36 bits per heavy atom. The number of Topliss-reactive ketones (excluding diaryl/α,β-unsaturated/α-hetero) is 1. The molecule has 0 unspecified atom stereocenters. The van der Waals surface area contributed by atoms with Gasteiger partial charge in [-0.15, -0.1) is 0 Å². The molecule has 1 aromatic rings. The van der Waals surface area contributed by atoms with E-state index >= 15 is 0 Å². The van der Waals surface area contributed by atoms with Gasteiger partial charge in [0, 0.05) is 43.9 Å². The predicted octanol–water partition coefficient (Wildman–Crippen LogP) is 2.73. The van der Waals surface area contributed by atoms with E-state index in [0.717, 1.165) is 57.4 Å². The number of hydrogen-bond acceptors (Lipinski definition) is 3. The molecule has 0 saturated carbocycles. The first kappa shape index (κ1) is 15.1. The van der Waals surface area contributed by atoms with Crippen LogP contribution in [-0.4, -0.2) is 42.8 Å². The molecule has 1 aromatic carbocycles. The van der Waals surface area contributed by atoms with Crippen molar-refractivity contribution in [3.63, 3.8) is 0 Å². The third-order valence-corrected chi connectivity index (χ3v) is 4.90. The number of carbonyl (C=O) groups is 2. The molecule has 2 saturated heterocycles. The zero-order valence-electron chi connectivity index (χ0n) is 13.3. The van der Waals surface area contributed by atoms with E-state index in [1.165, 1.54) is 5.69 Å². The largest absolute Gasteiger partial charge is 0.372 e. The highest BCUT2D eigenvalue weighted by molar-refractivity contribution is 5.94. The maximum absolute atomic E-state index is 11.7. The van der Waals surface area contributed by atoms with Crippen LogP contribution < -0.4 is 4.90 Å². The van der Waals surface area contributed by atoms with E-state index in [4.69, 9.17) is 0 Å². The van der Waals surface area contributed by atoms with Crippen molar-refractivity contribution in [3.05, 3.63) is 29.8 Å². The average Bonchev–Trinajstić information content (AvgIpc) is 2.93. The van der Waals surface area contributed by atoms with Gasteiger partial charge in [-0.3, -0.25) is 9.59 Å². The molecule has 0 atom stereocenters. The van der Waals surface area contributed by atoms with Crippen molar-refractivity contribution in [2.24, 2.45) is 5.92 Å². The second-order valence-corrected chi connectivity index (χ2v) is 6.48. The van der Waals surface area contributed by atoms with Crippen LogP contribution in [-0.2, 0) is 4.79 Å². The highest BCUT2D eigenvalue weighted by Crippen LogP contribution is 2.25. The lowest BCUT2D eigenvalue weighted by Crippen LogP contribution is -2.39. The van der Waals surface area contributed by atoms with Gasteiger partial charge in [0.25, 0.3) is 0 Å². The normalized spacial score (nSPS) is 19.8. The maximum Gasteiger partial charge on any atom is 0.222 e. The number of piperidine rings is 1. The second kappa shape index (κ2) is 6.51. The van der Waals surface area contributed by atoms with Gasteiger partial charge >= 0.3 is 0 Å². The SMILES string of the molecule is CC(=O)c1ccc(N2CCC(CN3CCCC3=O)CC2)cc1. The molecule has 4 nitrogen and oxygen atoms in total. The molecule has 0 spiro atoms. The van der Waals surface area contributed by atoms with Crippen molar-refractivity contribution in [2.75, 3.05) is 31.1 Å². The van der Waals surface area contributed by atoms with E-state index in [1.807, 2.05) is 29.2 Å². The minimum atomic E-state index is 0.112. The Bertz CT molecular complexity index is 545. The van der Waals surface area contributed by atoms with E-state index in [0.29, 0.717) is 11.8 Å². The Balaban J connectivity index is 1.52. The molecule has 0 aliphatic carbocycles. The Morgan fingerprint density at radius 2 is 1.82 bits per heavy atom. The van der Waals surface area contributed by atoms with E-state index in [9.17, 15) is 9.59 Å². The number of carbonyl (C=O) groups excluding carboxylic acids is 2. The molecule has 3 rings (SSSR count). The van der Waals surface area contributed by atoms with Crippen LogP contribution in [0.3, 0.4) is 0 Å². The Morgan fingerprint density at radius 1 is 1.14 bits per heavy atom. The first-order chi connectivity index (χ1) is 10.6. The zero-order chi connectivity index (χ0) is 15.5. The lowest BCUT2D eigenvalue weighted by Gasteiger charge is -2.35. The van der Waals surface area contributed by atoms with Crippen molar-refractivity contribution < 1.29 is 9.59 Å². The summed E-state index contributed by atoms with van der Waals surface area (Å²) in [6.07, 6.45) is 4.04. The van der Waals surface area contributed by atoms with E-state index in [2.05, 4.69) is 4.90 Å². The molecule has 1 amide bonds. The lowest BCUT2D eigenvalue weighted by molar-refractivity contribution is -0.128. The summed E-state index contributed by atoms with van der Waals surface area (Å²) in [7, 11) is 0. The number of nitrogens with zero attached hydrogens (tertiary/aromatic N) is 2. The van der Waals surface area contributed by atoms with Crippen LogP contribution in [0.25, 0.3) is 0 Å². The van der Waals surface area contributed by atoms with Gasteiger partial charge in [0.2, 0.25) is 5.91 Å². The highest BCUT2D eigenvalue weighted by atomic mass is 16.2. The predicted molar refractivity (Wildman–Crippen MR) is 87.2 cm³/mol. The average molecular weight is 300 g/mol. The Hall–Kier alpha value is -1.84. The number of rotatable bonds is 4. The molecule has 2 aliphatic heterocycles. The van der Waals surface area contributed by atoms with Gasteiger partial charge in [-0.2, -0.15) is 0 Å². The molecule has 2 aliphatic rings. The maximum atomic E-state index is 11.7. The fraction of sp³-hybridized carbons (Fsp3) is 0.556. The van der Waals surface area contributed by atoms with Gasteiger partial charge in [0.05, 0.1) is 0 Å². The number of amides is 1. The van der Waals surface area contributed by atoms with Crippen LogP contribution in [0.4, 0.5) is 5.69 Å². The van der Waals surface area contributed by atoms with E-state index in [-0.39, 0.29) is 5.78 Å². The first-order valence-electron chi connectivity index (χ1n) is 8.27. The lowest BCUT2D eigenvalue weighted by atomic mass is 9.95. The van der Waals surface area contributed by atoms with Crippen LogP contribution in [0.5, 0.6) is 0 Å². The van der Waals surface area contributed by atoms with Crippen LogP contribution in [0.1, 0.15) is 43.0 Å². The number of anilines is 1. The summed E-state index contributed by atoms with van der Waals surface area (Å²) < 4.78 is 0. The number of likely N-dealkylation sites (tertiary alicyclic amines) is 1. The summed E-state index contributed by atoms with van der Waals surface area (Å²) in [5.74, 6) is 1.08. The second-order valence-electron chi connectivity index (χ2n) is 6.48. The molecule has 0 N–H and O–H groups in total. The standard InChI is InChI=1S/C18H24N2O2/c1-14(21)16-4-6-17(7-5-16)19-11-8-15(9-12-19)13-20-10-2-3-18(20)22/h4-7,15H,2-3,8-13H2,1H3.